The van der Waals surface area contributed by atoms with Gasteiger partial charge in [0.1, 0.15) is 5.52 Å². The molecule has 1 atom stereocenters. The van der Waals surface area contributed by atoms with Crippen LogP contribution in [0.4, 0.5) is 5.82 Å². The summed E-state index contributed by atoms with van der Waals surface area (Å²) in [6.07, 6.45) is 11.0. The highest BCUT2D eigenvalue weighted by molar-refractivity contribution is 5.68. The van der Waals surface area contributed by atoms with Crippen molar-refractivity contribution in [1.82, 2.24) is 19.9 Å². The van der Waals surface area contributed by atoms with Crippen LogP contribution in [0, 0.1) is 5.92 Å². The van der Waals surface area contributed by atoms with E-state index in [9.17, 15) is 0 Å². The largest absolute Gasteiger partial charge is 0.353 e. The van der Waals surface area contributed by atoms with E-state index >= 15 is 0 Å². The first-order chi connectivity index (χ1) is 9.90. The number of nitrogens with one attached hydrogen (secondary N) is 1. The first kappa shape index (κ1) is 12.1. The van der Waals surface area contributed by atoms with Crippen molar-refractivity contribution in [2.45, 2.75) is 31.7 Å². The van der Waals surface area contributed by atoms with E-state index < -0.39 is 0 Å². The molecule has 0 radical (unpaired) electrons. The second-order valence-corrected chi connectivity index (χ2v) is 6.05. The van der Waals surface area contributed by atoms with Crippen molar-refractivity contribution in [3.8, 4) is 0 Å². The molecule has 1 N–H and O–H groups in total. The average molecular weight is 271 g/mol. The molecule has 1 saturated carbocycles. The van der Waals surface area contributed by atoms with Crippen molar-refractivity contribution in [1.29, 1.82) is 0 Å². The van der Waals surface area contributed by atoms with E-state index in [4.69, 9.17) is 0 Å². The van der Waals surface area contributed by atoms with Crippen molar-refractivity contribution >= 4 is 11.3 Å². The summed E-state index contributed by atoms with van der Waals surface area (Å²) in [6.45, 7) is 3.36. The number of aromatic nitrogens is 3. The van der Waals surface area contributed by atoms with Gasteiger partial charge in [-0.05, 0) is 44.2 Å². The van der Waals surface area contributed by atoms with E-state index in [1.54, 1.807) is 0 Å². The van der Waals surface area contributed by atoms with Crippen molar-refractivity contribution in [2.75, 3.05) is 24.5 Å². The lowest BCUT2D eigenvalue weighted by Gasteiger charge is -2.27. The summed E-state index contributed by atoms with van der Waals surface area (Å²) in [7, 11) is 0. The molecular formula is C15H21N5. The SMILES string of the molecule is c1cn2nccc2c(N(CC2CC2)CC2CCCN2)n1. The minimum absolute atomic E-state index is 0.610. The third-order valence-corrected chi connectivity index (χ3v) is 4.38. The maximum Gasteiger partial charge on any atom is 0.154 e. The topological polar surface area (TPSA) is 45.5 Å². The molecule has 20 heavy (non-hydrogen) atoms. The molecule has 0 aromatic carbocycles. The summed E-state index contributed by atoms with van der Waals surface area (Å²) in [4.78, 5) is 7.11. The van der Waals surface area contributed by atoms with Crippen molar-refractivity contribution in [3.05, 3.63) is 24.7 Å². The number of nitrogens with zero attached hydrogens (tertiary/aromatic N) is 4. The normalized spacial score (nSPS) is 22.5. The molecule has 2 fully saturated rings. The molecule has 2 aromatic rings. The van der Waals surface area contributed by atoms with E-state index in [0.717, 1.165) is 36.9 Å². The minimum atomic E-state index is 0.610. The highest BCUT2D eigenvalue weighted by Crippen LogP contribution is 2.32. The molecule has 106 valence electrons. The third kappa shape index (κ3) is 2.38. The number of hydrogen-bond donors (Lipinski definition) is 1. The van der Waals surface area contributed by atoms with Crippen molar-refractivity contribution in [2.24, 2.45) is 5.92 Å². The van der Waals surface area contributed by atoms with Crippen molar-refractivity contribution in [3.63, 3.8) is 0 Å². The smallest absolute Gasteiger partial charge is 0.154 e. The summed E-state index contributed by atoms with van der Waals surface area (Å²) in [6, 6.07) is 2.67. The van der Waals surface area contributed by atoms with Crippen LogP contribution in [0.3, 0.4) is 0 Å². The molecule has 1 saturated heterocycles. The lowest BCUT2D eigenvalue weighted by atomic mass is 10.2. The first-order valence-corrected chi connectivity index (χ1v) is 7.67. The highest BCUT2D eigenvalue weighted by atomic mass is 15.3. The Hall–Kier alpha value is -1.62. The second kappa shape index (κ2) is 5.05. The van der Waals surface area contributed by atoms with Crippen LogP contribution in [0.1, 0.15) is 25.7 Å². The standard InChI is InChI=1S/C15H21N5/c1-2-13(16-6-1)11-19(10-12-3-4-12)15-14-5-7-18-20(14)9-8-17-15/h5,7-9,12-13,16H,1-4,6,10-11H2. The average Bonchev–Trinajstić information content (AvgIpc) is 2.93. The Balaban J connectivity index is 1.63. The molecule has 1 aliphatic carbocycles. The van der Waals surface area contributed by atoms with Crippen LogP contribution >= 0.6 is 0 Å². The van der Waals surface area contributed by atoms with Crippen LogP contribution in [0.5, 0.6) is 0 Å². The van der Waals surface area contributed by atoms with Gasteiger partial charge in [0.25, 0.3) is 0 Å². The van der Waals surface area contributed by atoms with Gasteiger partial charge in [0.2, 0.25) is 0 Å². The zero-order chi connectivity index (χ0) is 13.4. The Kier molecular flexibility index (Phi) is 3.07. The van der Waals surface area contributed by atoms with Crippen molar-refractivity contribution < 1.29 is 0 Å². The quantitative estimate of drug-likeness (QED) is 0.899. The van der Waals surface area contributed by atoms with E-state index in [0.29, 0.717) is 6.04 Å². The van der Waals surface area contributed by atoms with Gasteiger partial charge in [-0.15, -0.1) is 0 Å². The molecule has 5 heteroatoms. The number of rotatable bonds is 5. The molecule has 0 amide bonds. The fourth-order valence-electron chi connectivity index (χ4n) is 3.13. The summed E-state index contributed by atoms with van der Waals surface area (Å²) in [5.41, 5.74) is 1.12. The summed E-state index contributed by atoms with van der Waals surface area (Å²) in [5.74, 6) is 1.95. The second-order valence-electron chi connectivity index (χ2n) is 6.05. The number of hydrogen-bond acceptors (Lipinski definition) is 4. The third-order valence-electron chi connectivity index (χ3n) is 4.38. The van der Waals surface area contributed by atoms with E-state index in [1.165, 1.54) is 25.7 Å². The van der Waals surface area contributed by atoms with Gasteiger partial charge in [-0.3, -0.25) is 0 Å². The predicted molar refractivity (Wildman–Crippen MR) is 78.9 cm³/mol. The molecule has 1 unspecified atom stereocenters. The molecule has 3 heterocycles. The van der Waals surface area contributed by atoms with Gasteiger partial charge >= 0.3 is 0 Å². The summed E-state index contributed by atoms with van der Waals surface area (Å²) in [5, 5.41) is 7.92. The van der Waals surface area contributed by atoms with Crippen LogP contribution in [-0.4, -0.2) is 40.3 Å². The first-order valence-electron chi connectivity index (χ1n) is 7.67. The molecule has 2 aliphatic rings. The monoisotopic (exact) mass is 271 g/mol. The molecule has 2 aromatic heterocycles. The fraction of sp³-hybridized carbons (Fsp3) is 0.600. The van der Waals surface area contributed by atoms with E-state index in [2.05, 4.69) is 26.4 Å². The molecule has 0 spiro atoms. The highest BCUT2D eigenvalue weighted by Gasteiger charge is 2.28. The molecular weight excluding hydrogens is 250 g/mol. The molecule has 5 nitrogen and oxygen atoms in total. The van der Waals surface area contributed by atoms with Gasteiger partial charge in [-0.25, -0.2) is 9.50 Å². The Morgan fingerprint density at radius 3 is 3.00 bits per heavy atom. The van der Waals surface area contributed by atoms with Gasteiger partial charge in [-0.1, -0.05) is 0 Å². The Bertz CT molecular complexity index is 583. The van der Waals surface area contributed by atoms with Gasteiger partial charge in [0.15, 0.2) is 5.82 Å². The van der Waals surface area contributed by atoms with Gasteiger partial charge in [-0.2, -0.15) is 5.10 Å². The van der Waals surface area contributed by atoms with Crippen LogP contribution < -0.4 is 10.2 Å². The number of anilines is 1. The van der Waals surface area contributed by atoms with Gasteiger partial charge < -0.3 is 10.2 Å². The minimum Gasteiger partial charge on any atom is -0.353 e. The van der Waals surface area contributed by atoms with Crippen LogP contribution in [0.25, 0.3) is 5.52 Å². The Morgan fingerprint density at radius 1 is 1.25 bits per heavy atom. The zero-order valence-electron chi connectivity index (χ0n) is 11.7. The van der Waals surface area contributed by atoms with E-state index in [-0.39, 0.29) is 0 Å². The molecule has 4 rings (SSSR count). The lowest BCUT2D eigenvalue weighted by molar-refractivity contribution is 0.567. The molecule has 0 bridgehead atoms. The zero-order valence-corrected chi connectivity index (χ0v) is 11.7. The fourth-order valence-corrected chi connectivity index (χ4v) is 3.13. The lowest BCUT2D eigenvalue weighted by Crippen LogP contribution is -2.39. The Labute approximate surface area is 119 Å². The number of fused-ring (bicyclic) bond motifs is 1. The van der Waals surface area contributed by atoms with Crippen LogP contribution in [0.2, 0.25) is 0 Å². The van der Waals surface area contributed by atoms with Gasteiger partial charge in [0.05, 0.1) is 6.20 Å². The van der Waals surface area contributed by atoms with E-state index in [1.807, 2.05) is 23.1 Å². The Morgan fingerprint density at radius 2 is 2.20 bits per heavy atom. The maximum atomic E-state index is 4.64. The predicted octanol–water partition coefficient (Wildman–Crippen LogP) is 1.70. The maximum absolute atomic E-state index is 4.64. The van der Waals surface area contributed by atoms with Crippen LogP contribution in [0.15, 0.2) is 24.7 Å². The summed E-state index contributed by atoms with van der Waals surface area (Å²) < 4.78 is 1.92. The van der Waals surface area contributed by atoms with Gasteiger partial charge in [0, 0.05) is 31.5 Å². The molecule has 1 aliphatic heterocycles. The summed E-state index contributed by atoms with van der Waals surface area (Å²) >= 11 is 0. The van der Waals surface area contributed by atoms with Crippen LogP contribution in [-0.2, 0) is 0 Å².